The summed E-state index contributed by atoms with van der Waals surface area (Å²) in [5.41, 5.74) is -0.155. The Morgan fingerprint density at radius 3 is 2.57 bits per heavy atom. The molecule has 0 radical (unpaired) electrons. The Morgan fingerprint density at radius 2 is 1.93 bits per heavy atom. The van der Waals surface area contributed by atoms with Crippen LogP contribution in [-0.2, 0) is 16.1 Å². The summed E-state index contributed by atoms with van der Waals surface area (Å²) in [6.45, 7) is 5.65. The fraction of sp³-hybridized carbons (Fsp3) is 0.529. The van der Waals surface area contributed by atoms with Gasteiger partial charge in [-0.2, -0.15) is 4.98 Å². The van der Waals surface area contributed by atoms with Gasteiger partial charge in [0.05, 0.1) is 12.9 Å². The van der Waals surface area contributed by atoms with Crippen LogP contribution >= 0.6 is 0 Å². The van der Waals surface area contributed by atoms with Gasteiger partial charge in [0.1, 0.15) is 5.56 Å². The van der Waals surface area contributed by atoms with E-state index in [4.69, 9.17) is 9.26 Å². The monoisotopic (exact) mass is 390 g/mol. The maximum absolute atomic E-state index is 12.6. The lowest BCUT2D eigenvalue weighted by Crippen LogP contribution is -2.50. The third-order valence-corrected chi connectivity index (χ3v) is 4.38. The van der Waals surface area contributed by atoms with Crippen LogP contribution in [0.3, 0.4) is 0 Å². The normalized spacial score (nSPS) is 14.2. The molecule has 150 valence electrons. The molecule has 0 saturated carbocycles. The van der Waals surface area contributed by atoms with Crippen LogP contribution in [0.1, 0.15) is 19.2 Å². The van der Waals surface area contributed by atoms with E-state index in [0.29, 0.717) is 38.6 Å². The van der Waals surface area contributed by atoms with Gasteiger partial charge in [-0.1, -0.05) is 5.16 Å². The fourth-order valence-corrected chi connectivity index (χ4v) is 2.89. The highest BCUT2D eigenvalue weighted by atomic mass is 16.6. The van der Waals surface area contributed by atoms with Crippen LogP contribution in [0.5, 0.6) is 0 Å². The van der Waals surface area contributed by atoms with Crippen LogP contribution in [-0.4, -0.2) is 74.3 Å². The lowest BCUT2D eigenvalue weighted by atomic mass is 10.2. The van der Waals surface area contributed by atoms with Gasteiger partial charge in [0.2, 0.25) is 5.91 Å². The van der Waals surface area contributed by atoms with Crippen LogP contribution in [0.25, 0.3) is 11.5 Å². The van der Waals surface area contributed by atoms with Crippen molar-refractivity contribution in [1.82, 2.24) is 29.5 Å². The summed E-state index contributed by atoms with van der Waals surface area (Å²) in [4.78, 5) is 48.0. The molecule has 2 aromatic rings. The summed E-state index contributed by atoms with van der Waals surface area (Å²) >= 11 is 0. The molecule has 1 aliphatic rings. The molecule has 0 spiro atoms. The first kappa shape index (κ1) is 19.5. The molecule has 1 fully saturated rings. The van der Waals surface area contributed by atoms with Crippen LogP contribution in [0.15, 0.2) is 21.8 Å². The van der Waals surface area contributed by atoms with E-state index in [9.17, 15) is 14.4 Å². The van der Waals surface area contributed by atoms with E-state index >= 15 is 0 Å². The molecule has 0 aromatic carbocycles. The lowest BCUT2D eigenvalue weighted by Gasteiger charge is -2.34. The average molecular weight is 390 g/mol. The summed E-state index contributed by atoms with van der Waals surface area (Å²) in [6, 6.07) is 0. The van der Waals surface area contributed by atoms with E-state index < -0.39 is 0 Å². The second kappa shape index (κ2) is 8.63. The fourth-order valence-electron chi connectivity index (χ4n) is 2.89. The van der Waals surface area contributed by atoms with E-state index in [2.05, 4.69) is 15.1 Å². The second-order valence-electron chi connectivity index (χ2n) is 6.27. The molecule has 11 nitrogen and oxygen atoms in total. The van der Waals surface area contributed by atoms with E-state index in [1.54, 1.807) is 23.6 Å². The van der Waals surface area contributed by atoms with Crippen LogP contribution in [0.4, 0.5) is 4.79 Å². The summed E-state index contributed by atoms with van der Waals surface area (Å²) in [7, 11) is 0. The molecule has 0 aliphatic carbocycles. The number of aryl methyl sites for hydroxylation is 2. The van der Waals surface area contributed by atoms with Crippen molar-refractivity contribution < 1.29 is 18.8 Å². The van der Waals surface area contributed by atoms with Crippen molar-refractivity contribution in [2.45, 2.75) is 26.8 Å². The SMILES string of the molecule is CCOC(=O)N1CCN(C(=O)CCn2cncc(-c3nc(C)no3)c2=O)CC1. The number of hydrogen-bond acceptors (Lipinski definition) is 8. The van der Waals surface area contributed by atoms with Crippen LogP contribution in [0, 0.1) is 6.92 Å². The quantitative estimate of drug-likeness (QED) is 0.714. The van der Waals surface area contributed by atoms with Crippen molar-refractivity contribution in [3.8, 4) is 11.5 Å². The van der Waals surface area contributed by atoms with Gasteiger partial charge in [0.25, 0.3) is 11.4 Å². The van der Waals surface area contributed by atoms with Crippen molar-refractivity contribution >= 4 is 12.0 Å². The summed E-state index contributed by atoms with van der Waals surface area (Å²) in [5, 5.41) is 3.67. The molecule has 3 heterocycles. The zero-order valence-corrected chi connectivity index (χ0v) is 15.8. The van der Waals surface area contributed by atoms with Crippen molar-refractivity contribution in [3.63, 3.8) is 0 Å². The molecule has 28 heavy (non-hydrogen) atoms. The Morgan fingerprint density at radius 1 is 1.21 bits per heavy atom. The lowest BCUT2D eigenvalue weighted by molar-refractivity contribution is -0.133. The molecule has 1 aliphatic heterocycles. The molecule has 2 aromatic heterocycles. The van der Waals surface area contributed by atoms with Crippen molar-refractivity contribution in [1.29, 1.82) is 0 Å². The highest BCUT2D eigenvalue weighted by Crippen LogP contribution is 2.11. The van der Waals surface area contributed by atoms with Gasteiger partial charge < -0.3 is 19.1 Å². The maximum atomic E-state index is 12.6. The van der Waals surface area contributed by atoms with Crippen molar-refractivity contribution in [2.75, 3.05) is 32.8 Å². The van der Waals surface area contributed by atoms with E-state index in [1.165, 1.54) is 17.1 Å². The number of aromatic nitrogens is 4. The Kier molecular flexibility index (Phi) is 6.02. The van der Waals surface area contributed by atoms with E-state index in [1.807, 2.05) is 0 Å². The molecule has 0 bridgehead atoms. The Balaban J connectivity index is 1.57. The molecule has 2 amide bonds. The topological polar surface area (TPSA) is 124 Å². The Bertz CT molecular complexity index is 899. The summed E-state index contributed by atoms with van der Waals surface area (Å²) in [5.74, 6) is 0.433. The molecule has 11 heteroatoms. The molecule has 1 saturated heterocycles. The molecule has 0 N–H and O–H groups in total. The minimum Gasteiger partial charge on any atom is -0.450 e. The van der Waals surface area contributed by atoms with Crippen molar-refractivity contribution in [3.05, 3.63) is 28.7 Å². The summed E-state index contributed by atoms with van der Waals surface area (Å²) in [6.07, 6.45) is 2.52. The van der Waals surface area contributed by atoms with Gasteiger partial charge in [-0.05, 0) is 13.8 Å². The molecule has 3 rings (SSSR count). The largest absolute Gasteiger partial charge is 0.450 e. The molecular weight excluding hydrogens is 368 g/mol. The van der Waals surface area contributed by atoms with Gasteiger partial charge in [-0.15, -0.1) is 0 Å². The Hall–Kier alpha value is -3.24. The second-order valence-corrected chi connectivity index (χ2v) is 6.27. The number of amides is 2. The molecule has 0 atom stereocenters. The zero-order valence-electron chi connectivity index (χ0n) is 15.8. The number of rotatable bonds is 5. The number of carbonyl (C=O) groups is 2. The standard InChI is InChI=1S/C17H22N6O5/c1-3-27-17(26)22-8-6-21(7-9-22)14(24)4-5-23-11-18-10-13(16(23)25)15-19-12(2)20-28-15/h10-11H,3-9H2,1-2H3. The maximum Gasteiger partial charge on any atom is 0.409 e. The molecular formula is C17H22N6O5. The predicted molar refractivity (Wildman–Crippen MR) is 96.3 cm³/mol. The number of piperazine rings is 1. The van der Waals surface area contributed by atoms with Crippen molar-refractivity contribution in [2.24, 2.45) is 0 Å². The highest BCUT2D eigenvalue weighted by molar-refractivity contribution is 5.76. The number of carbonyl (C=O) groups excluding carboxylic acids is 2. The predicted octanol–water partition coefficient (Wildman–Crippen LogP) is 0.293. The minimum atomic E-state index is -0.361. The average Bonchev–Trinajstić information content (AvgIpc) is 3.13. The first-order valence-electron chi connectivity index (χ1n) is 9.04. The minimum absolute atomic E-state index is 0.0885. The summed E-state index contributed by atoms with van der Waals surface area (Å²) < 4.78 is 11.3. The smallest absolute Gasteiger partial charge is 0.409 e. The van der Waals surface area contributed by atoms with Crippen LogP contribution in [0.2, 0.25) is 0 Å². The van der Waals surface area contributed by atoms with Gasteiger partial charge in [-0.25, -0.2) is 9.78 Å². The number of nitrogens with zero attached hydrogens (tertiary/aromatic N) is 6. The van der Waals surface area contributed by atoms with Crippen LogP contribution < -0.4 is 5.56 Å². The number of hydrogen-bond donors (Lipinski definition) is 0. The molecule has 0 unspecified atom stereocenters. The van der Waals surface area contributed by atoms with E-state index in [0.717, 1.165) is 0 Å². The zero-order chi connectivity index (χ0) is 20.1. The van der Waals surface area contributed by atoms with E-state index in [-0.39, 0.29) is 42.0 Å². The first-order valence-corrected chi connectivity index (χ1v) is 9.04. The van der Waals surface area contributed by atoms with Gasteiger partial charge >= 0.3 is 6.09 Å². The van der Waals surface area contributed by atoms with Gasteiger partial charge in [0, 0.05) is 45.3 Å². The van der Waals surface area contributed by atoms with Gasteiger partial charge in [0.15, 0.2) is 5.82 Å². The Labute approximate surface area is 160 Å². The number of ether oxygens (including phenoxy) is 1. The van der Waals surface area contributed by atoms with Gasteiger partial charge in [-0.3, -0.25) is 14.2 Å². The first-order chi connectivity index (χ1) is 13.5. The highest BCUT2D eigenvalue weighted by Gasteiger charge is 2.24. The third kappa shape index (κ3) is 4.35. The third-order valence-electron chi connectivity index (χ3n) is 4.38.